The van der Waals surface area contributed by atoms with Crippen LogP contribution in [0.3, 0.4) is 0 Å². The molecular weight excluding hydrogens is 1270 g/mol. The van der Waals surface area contributed by atoms with Crippen LogP contribution in [0.5, 0.6) is 0 Å². The van der Waals surface area contributed by atoms with Crippen molar-refractivity contribution in [1.29, 1.82) is 0 Å². The number of rotatable bonds is 19. The maximum absolute atomic E-state index is 12.3. The van der Waals surface area contributed by atoms with Crippen LogP contribution in [0, 0.1) is 13.8 Å². The normalized spacial score (nSPS) is 22.2. The van der Waals surface area contributed by atoms with E-state index in [0.29, 0.717) is 27.7 Å². The van der Waals surface area contributed by atoms with Crippen LogP contribution in [-0.2, 0) is 27.5 Å². The van der Waals surface area contributed by atoms with Gasteiger partial charge in [0.15, 0.2) is 22.7 Å². The van der Waals surface area contributed by atoms with Crippen LogP contribution < -0.4 is 48.5 Å². The lowest BCUT2D eigenvalue weighted by Crippen LogP contribution is -2.63. The van der Waals surface area contributed by atoms with E-state index in [9.17, 15) is 53.7 Å². The number of H-pyrrole nitrogens is 2. The molecule has 0 radical (unpaired) electrons. The van der Waals surface area contributed by atoms with Gasteiger partial charge in [-0.3, -0.25) is 33.9 Å². The summed E-state index contributed by atoms with van der Waals surface area (Å²) in [5.74, 6) is -2.97. The van der Waals surface area contributed by atoms with Crippen molar-refractivity contribution in [2.75, 3.05) is 23.4 Å². The van der Waals surface area contributed by atoms with Crippen molar-refractivity contribution >= 4 is 87.4 Å². The van der Waals surface area contributed by atoms with Crippen LogP contribution in [0.25, 0.3) is 33.7 Å². The van der Waals surface area contributed by atoms with Gasteiger partial charge in [-0.05, 0) is 104 Å². The second kappa shape index (κ2) is 34.3. The van der Waals surface area contributed by atoms with E-state index in [0.717, 1.165) is 36.1 Å². The zero-order valence-corrected chi connectivity index (χ0v) is 51.2. The Balaban J connectivity index is 0.000000201. The lowest BCUT2D eigenvalue weighted by Gasteiger charge is -2.39. The monoisotopic (exact) mass is 1340 g/mol. The average Bonchev–Trinajstić information content (AvgIpc) is 1.44. The van der Waals surface area contributed by atoms with Gasteiger partial charge in [0.05, 0.1) is 54.7 Å². The third kappa shape index (κ3) is 20.4. The molecule has 35 nitrogen and oxygen atoms in total. The summed E-state index contributed by atoms with van der Waals surface area (Å²) in [6, 6.07) is 8.83. The van der Waals surface area contributed by atoms with Crippen LogP contribution >= 0.6 is 23.7 Å². The Morgan fingerprint density at radius 1 is 0.774 bits per heavy atom. The number of carbonyl (C=O) groups is 5. The van der Waals surface area contributed by atoms with Gasteiger partial charge in [0.25, 0.3) is 17.0 Å². The van der Waals surface area contributed by atoms with Gasteiger partial charge in [0.1, 0.15) is 61.0 Å². The van der Waals surface area contributed by atoms with Gasteiger partial charge >= 0.3 is 29.6 Å². The first-order valence-corrected chi connectivity index (χ1v) is 30.4. The van der Waals surface area contributed by atoms with E-state index in [1.54, 1.807) is 36.2 Å². The van der Waals surface area contributed by atoms with Gasteiger partial charge in [-0.2, -0.15) is 21.7 Å². The molecule has 7 heterocycles. The van der Waals surface area contributed by atoms with E-state index in [4.69, 9.17) is 56.8 Å². The number of aromatic nitrogens is 8. The number of aliphatic carboxylic acids is 3. The van der Waals surface area contributed by atoms with Crippen molar-refractivity contribution in [3.63, 3.8) is 0 Å². The molecule has 22 N–H and O–H groups in total. The number of allylic oxidation sites excluding steroid dienone is 2. The molecule has 6 aliphatic rings. The zero-order chi connectivity index (χ0) is 68.4. The number of hydrogen-bond donors (Lipinski definition) is 21. The second-order valence-electron chi connectivity index (χ2n) is 21.3. The molecule has 4 aromatic rings. The molecule has 2 aromatic heterocycles. The number of aliphatic hydroxyl groups excluding tert-OH is 10. The first kappa shape index (κ1) is 73.3. The van der Waals surface area contributed by atoms with Gasteiger partial charge < -0.3 is 103 Å². The molecular formula is C56H72N14O21S2. The summed E-state index contributed by atoms with van der Waals surface area (Å²) in [5.41, 5.74) is 7.58. The number of aromatic amines is 2. The number of nitrogens with two attached hydrogens (primary N) is 1. The van der Waals surface area contributed by atoms with E-state index in [1.165, 1.54) is 22.9 Å². The highest BCUT2D eigenvalue weighted by Crippen LogP contribution is 2.33. The Hall–Kier alpha value is -8.73. The number of benzene rings is 2. The highest BCUT2D eigenvalue weighted by atomic mass is 32.2. The number of nitrogen functional groups attached to an aromatic ring is 1. The second-order valence-corrected chi connectivity index (χ2v) is 23.4. The smallest absolute Gasteiger partial charge is 0.349 e. The van der Waals surface area contributed by atoms with Crippen molar-refractivity contribution in [3.05, 3.63) is 120 Å². The van der Waals surface area contributed by atoms with E-state index < -0.39 is 108 Å². The van der Waals surface area contributed by atoms with E-state index in [1.807, 2.05) is 49.4 Å². The van der Waals surface area contributed by atoms with Crippen LogP contribution in [0.1, 0.15) is 65.7 Å². The Labute approximate surface area is 534 Å². The fourth-order valence-corrected chi connectivity index (χ4v) is 11.3. The molecule has 0 spiro atoms. The average molecular weight is 1340 g/mol. The number of aryl methyl sites for hydroxylation is 2. The minimum Gasteiger partial charge on any atom is -0.481 e. The van der Waals surface area contributed by atoms with Gasteiger partial charge in [0, 0.05) is 41.3 Å². The first-order valence-electron chi connectivity index (χ1n) is 28.5. The number of fused-ring (bicyclic) bond motifs is 4. The lowest BCUT2D eigenvalue weighted by molar-refractivity contribution is -0.223. The third-order valence-corrected chi connectivity index (χ3v) is 16.7. The summed E-state index contributed by atoms with van der Waals surface area (Å²) < 4.78 is 4.34. The van der Waals surface area contributed by atoms with Gasteiger partial charge in [-0.1, -0.05) is 12.5 Å². The Kier molecular flexibility index (Phi) is 27.0. The number of carbonyl (C=O) groups excluding carboxylic acids is 2. The molecule has 93 heavy (non-hydrogen) atoms. The third-order valence-electron chi connectivity index (χ3n) is 14.6. The molecule has 3 fully saturated rings. The minimum absolute atomic E-state index is 0.0516. The summed E-state index contributed by atoms with van der Waals surface area (Å²) in [7, 11) is 0. The lowest BCUT2D eigenvalue weighted by atomic mass is 9.85. The zero-order valence-electron chi connectivity index (χ0n) is 49.6. The highest BCUT2D eigenvalue weighted by Gasteiger charge is 2.47. The van der Waals surface area contributed by atoms with Crippen molar-refractivity contribution in [2.24, 2.45) is 0 Å². The molecule has 0 bridgehead atoms. The molecule has 7 atom stereocenters. The number of carboxylic acid groups (broad SMARTS) is 3. The summed E-state index contributed by atoms with van der Waals surface area (Å²) in [5, 5.41) is 133. The number of nitrogens with one attached hydrogen (secondary N) is 7. The summed E-state index contributed by atoms with van der Waals surface area (Å²) in [6.45, 7) is 2.96. The molecule has 10 rings (SSSR count). The molecule has 504 valence electrons. The standard InChI is InChI=1S/C19H19N7O6.C17H20N4O6.C10H16N2O3S.C6H12O6.C4H5NS/c20-19-25-15-14(17(30)26-19)23-11(8-22-15)7-21-10-3-1-9(2-4-10)16(29)24-12(18(31)32)5-6-13(27)28;1-7-3-9-10(4-8(7)2)21(5-11(23)14(25)12(24)6-22)15-13(18-9)16(26)20-17(27)19-15;13-8(14)4-2-1-3-7-9-6(5-16-7)11-10(15)12-9;7-1-2(8)4(10)6(12)5(11)3(1)9;1-2-4-6-5-3-1/h1-4,8,12,21H,5-7H2,(H,24,29)(H,27,28)(H,31,32)(H3,20,22,25,26,30);3-4,11-12,14,22-25H,5-6H2,1-2H3,(H,20,26,27);6-7,9H,1-5H2,(H,13,14)(H2,11,12,15);1-12H;1-5H/t12-;11-,12+,14-;6-,7-,9-;;/m000../s1. The molecule has 37 heteroatoms. The fraction of sp³-hybridized carbons (Fsp3) is 0.446. The summed E-state index contributed by atoms with van der Waals surface area (Å²) >= 11 is 3.45. The number of aliphatic hydroxyl groups is 10. The highest BCUT2D eigenvalue weighted by molar-refractivity contribution is 8.00. The van der Waals surface area contributed by atoms with Crippen LogP contribution in [0.2, 0.25) is 0 Å². The number of nitrogens with zero attached hydrogens (tertiary/aromatic N) is 6. The predicted molar refractivity (Wildman–Crippen MR) is 334 cm³/mol. The van der Waals surface area contributed by atoms with E-state index in [-0.39, 0.29) is 84.7 Å². The number of hydrogen-bond acceptors (Lipinski definition) is 28. The molecule has 5 aliphatic heterocycles. The Morgan fingerprint density at radius 3 is 1.99 bits per heavy atom. The Bertz CT molecular complexity index is 3720. The van der Waals surface area contributed by atoms with Gasteiger partial charge in [-0.15, -0.1) is 0 Å². The van der Waals surface area contributed by atoms with Gasteiger partial charge in [0.2, 0.25) is 5.95 Å². The molecule has 3 amide bonds. The number of urea groups is 1. The van der Waals surface area contributed by atoms with Crippen molar-refractivity contribution in [2.45, 2.75) is 144 Å². The molecule has 2 aromatic carbocycles. The molecule has 1 saturated carbocycles. The van der Waals surface area contributed by atoms with Gasteiger partial charge in [-0.25, -0.2) is 29.3 Å². The van der Waals surface area contributed by atoms with Crippen molar-refractivity contribution in [1.82, 2.24) is 60.1 Å². The molecule has 2 saturated heterocycles. The molecule has 1 aliphatic carbocycles. The summed E-state index contributed by atoms with van der Waals surface area (Å²) in [4.78, 5) is 116. The topological polar surface area (TPSA) is 587 Å². The predicted octanol–water partition coefficient (Wildman–Crippen LogP) is -3.54. The van der Waals surface area contributed by atoms with Crippen LogP contribution in [0.15, 0.2) is 80.7 Å². The van der Waals surface area contributed by atoms with Crippen LogP contribution in [-0.4, -0.2) is 226 Å². The first-order chi connectivity index (χ1) is 44.1. The number of amides is 3. The number of anilines is 2. The van der Waals surface area contributed by atoms with Crippen LogP contribution in [0.4, 0.5) is 16.4 Å². The maximum Gasteiger partial charge on any atom is 0.349 e. The van der Waals surface area contributed by atoms with E-state index in [2.05, 4.69) is 60.9 Å². The minimum atomic E-state index is -1.64. The fourth-order valence-electron chi connectivity index (χ4n) is 9.38. The maximum atomic E-state index is 12.3. The number of thioether (sulfide) groups is 1. The largest absolute Gasteiger partial charge is 0.481 e. The molecule has 0 unspecified atom stereocenters. The SMILES string of the molecule is C1=CNSC=C1.Cc1cc2nc3c(=O)[nH]c(=O)nc-3n(C[C@H](O)[C@H](O)[C@H](O)CO)c2cc1C.Nc1nc2ncc(CNc3ccc(C(=O)N[C@@H](CCC(=O)O)C(=O)O)cc3)nc2c(=O)[nH]1.O=C(O)CCCC[C@@H]1SC[C@@H]2NC(=O)N[C@@H]21.OC1C(O)C(O)C(O)C(O)C1O. The van der Waals surface area contributed by atoms with E-state index >= 15 is 0 Å². The van der Waals surface area contributed by atoms with Crippen molar-refractivity contribution < 1.29 is 90.4 Å². The quantitative estimate of drug-likeness (QED) is 0.0162. The number of carboxylic acids is 3. The summed E-state index contributed by atoms with van der Waals surface area (Å²) in [6.07, 6.45) is -4.97. The van der Waals surface area contributed by atoms with Crippen molar-refractivity contribution in [3.8, 4) is 11.5 Å². The number of unbranched alkanes of at least 4 members (excludes halogenated alkanes) is 1. The Morgan fingerprint density at radius 2 is 1.42 bits per heavy atom.